The predicted octanol–water partition coefficient (Wildman–Crippen LogP) is 5.97. The number of aromatic nitrogens is 5. The number of carbonyl (C=O) groups excluding carboxylic acids is 1. The number of amides is 1. The van der Waals surface area contributed by atoms with Crippen molar-refractivity contribution in [1.82, 2.24) is 24.3 Å². The molecule has 0 saturated heterocycles. The Morgan fingerprint density at radius 2 is 1.77 bits per heavy atom. The maximum absolute atomic E-state index is 12.9. The van der Waals surface area contributed by atoms with Crippen molar-refractivity contribution in [2.75, 3.05) is 12.4 Å². The molecule has 0 spiro atoms. The first kappa shape index (κ1) is 26.2. The van der Waals surface area contributed by atoms with Gasteiger partial charge in [0.15, 0.2) is 5.65 Å². The fourth-order valence-electron chi connectivity index (χ4n) is 4.15. The quantitative estimate of drug-likeness (QED) is 0.268. The lowest BCUT2D eigenvalue weighted by Gasteiger charge is -2.10. The van der Waals surface area contributed by atoms with Gasteiger partial charge in [0.1, 0.15) is 5.75 Å². The predicted molar refractivity (Wildman–Crippen MR) is 140 cm³/mol. The molecular weight excluding hydrogens is 533 g/mol. The molecule has 8 nitrogen and oxygen atoms in total. The molecule has 0 bridgehead atoms. The molecule has 5 rings (SSSR count). The van der Waals surface area contributed by atoms with E-state index in [1.54, 1.807) is 25.0 Å². The van der Waals surface area contributed by atoms with Crippen LogP contribution < -0.4 is 10.1 Å². The van der Waals surface area contributed by atoms with Crippen LogP contribution in [0.4, 0.5) is 18.9 Å². The number of rotatable bonds is 7. The van der Waals surface area contributed by atoms with Crippen LogP contribution in [-0.4, -0.2) is 37.3 Å². The van der Waals surface area contributed by atoms with Gasteiger partial charge in [-0.1, -0.05) is 23.7 Å². The van der Waals surface area contributed by atoms with Gasteiger partial charge in [-0.2, -0.15) is 18.3 Å². The van der Waals surface area contributed by atoms with Gasteiger partial charge in [-0.15, -0.1) is 0 Å². The van der Waals surface area contributed by atoms with Crippen LogP contribution in [0.15, 0.2) is 67.3 Å². The first-order chi connectivity index (χ1) is 18.6. The number of hydrogen-bond acceptors (Lipinski definition) is 5. The maximum Gasteiger partial charge on any atom is 0.416 e. The van der Waals surface area contributed by atoms with E-state index in [0.29, 0.717) is 29.8 Å². The lowest BCUT2D eigenvalue weighted by molar-refractivity contribution is -0.137. The third-order valence-corrected chi connectivity index (χ3v) is 6.50. The Hall–Kier alpha value is -4.38. The summed E-state index contributed by atoms with van der Waals surface area (Å²) in [5.74, 6) is 0.191. The van der Waals surface area contributed by atoms with Crippen molar-refractivity contribution >= 4 is 34.2 Å². The van der Waals surface area contributed by atoms with Crippen molar-refractivity contribution in [1.29, 1.82) is 0 Å². The van der Waals surface area contributed by atoms with E-state index in [1.807, 2.05) is 35.0 Å². The molecule has 1 N–H and O–H groups in total. The van der Waals surface area contributed by atoms with Crippen molar-refractivity contribution in [3.05, 3.63) is 100 Å². The molecule has 0 aliphatic carbocycles. The summed E-state index contributed by atoms with van der Waals surface area (Å²) in [7, 11) is 1.62. The molecule has 3 heterocycles. The van der Waals surface area contributed by atoms with Crippen molar-refractivity contribution < 1.29 is 22.7 Å². The summed E-state index contributed by atoms with van der Waals surface area (Å²) in [4.78, 5) is 21.7. The average molecular weight is 555 g/mol. The average Bonchev–Trinajstić information content (AvgIpc) is 3.48. The highest BCUT2D eigenvalue weighted by molar-refractivity contribution is 6.39. The zero-order valence-corrected chi connectivity index (χ0v) is 21.6. The first-order valence-electron chi connectivity index (χ1n) is 11.8. The maximum atomic E-state index is 12.9. The second-order valence-electron chi connectivity index (χ2n) is 8.84. The summed E-state index contributed by atoms with van der Waals surface area (Å²) in [5, 5.41) is 7.76. The SMILES string of the molecule is COc1ccc(Cn2cnc(Cn3nc(C)c4c(Cl)c(C(=O)Nc5ccc(C(F)(F)F)cc5)cnc43)c2)cc1. The van der Waals surface area contributed by atoms with Gasteiger partial charge in [0.25, 0.3) is 5.91 Å². The van der Waals surface area contributed by atoms with Crippen molar-refractivity contribution in [3.63, 3.8) is 0 Å². The van der Waals surface area contributed by atoms with Gasteiger partial charge >= 0.3 is 6.18 Å². The van der Waals surface area contributed by atoms with E-state index < -0.39 is 17.6 Å². The number of anilines is 1. The molecular formula is C27H22ClF3N6O2. The molecule has 5 aromatic rings. The molecule has 0 aliphatic heterocycles. The zero-order chi connectivity index (χ0) is 27.7. The number of halogens is 4. The highest BCUT2D eigenvalue weighted by Crippen LogP contribution is 2.31. The van der Waals surface area contributed by atoms with Crippen LogP contribution in [0.2, 0.25) is 5.02 Å². The van der Waals surface area contributed by atoms with Crippen LogP contribution in [-0.2, 0) is 19.3 Å². The number of ether oxygens (including phenoxy) is 1. The van der Waals surface area contributed by atoms with Gasteiger partial charge in [-0.25, -0.2) is 14.6 Å². The second kappa shape index (κ2) is 10.4. The molecule has 2 aromatic carbocycles. The molecule has 0 radical (unpaired) electrons. The number of methoxy groups -OCH3 is 1. The van der Waals surface area contributed by atoms with Crippen LogP contribution >= 0.6 is 11.6 Å². The fourth-order valence-corrected chi connectivity index (χ4v) is 4.51. The minimum atomic E-state index is -4.47. The third-order valence-electron chi connectivity index (χ3n) is 6.11. The fraction of sp³-hybridized carbons (Fsp3) is 0.185. The molecule has 39 heavy (non-hydrogen) atoms. The Bertz CT molecular complexity index is 1640. The van der Waals surface area contributed by atoms with Crippen LogP contribution in [0.1, 0.15) is 32.9 Å². The Labute approximate surface area is 226 Å². The molecule has 0 atom stereocenters. The van der Waals surface area contributed by atoms with E-state index in [-0.39, 0.29) is 16.3 Å². The van der Waals surface area contributed by atoms with Gasteiger partial charge in [-0.3, -0.25) is 4.79 Å². The standard InChI is InChI=1S/C27H22ClF3N6O2/c1-16-23-24(28)22(26(38)34-19-7-5-18(6-8-19)27(29,30)31)11-32-25(23)37(35-16)14-20-13-36(15-33-20)12-17-3-9-21(39-2)10-4-17/h3-11,13,15H,12,14H2,1-2H3,(H,34,38). The Kier molecular flexibility index (Phi) is 7.00. The Morgan fingerprint density at radius 1 is 1.05 bits per heavy atom. The molecule has 1 amide bonds. The number of alkyl halides is 3. The second-order valence-corrected chi connectivity index (χ2v) is 9.22. The molecule has 0 saturated carbocycles. The van der Waals surface area contributed by atoms with Gasteiger partial charge in [0, 0.05) is 24.6 Å². The smallest absolute Gasteiger partial charge is 0.416 e. The lowest BCUT2D eigenvalue weighted by atomic mass is 10.1. The summed E-state index contributed by atoms with van der Waals surface area (Å²) in [6.07, 6.45) is 0.514. The van der Waals surface area contributed by atoms with E-state index in [9.17, 15) is 18.0 Å². The van der Waals surface area contributed by atoms with Crippen LogP contribution in [0.5, 0.6) is 5.75 Å². The third kappa shape index (κ3) is 5.58. The van der Waals surface area contributed by atoms with E-state index in [1.165, 1.54) is 18.3 Å². The van der Waals surface area contributed by atoms with Gasteiger partial charge in [0.05, 0.1) is 52.9 Å². The highest BCUT2D eigenvalue weighted by Gasteiger charge is 2.30. The number of benzene rings is 2. The number of hydrogen-bond donors (Lipinski definition) is 1. The Morgan fingerprint density at radius 3 is 2.44 bits per heavy atom. The zero-order valence-electron chi connectivity index (χ0n) is 20.8. The number of nitrogens with one attached hydrogen (secondary N) is 1. The monoisotopic (exact) mass is 554 g/mol. The number of pyridine rings is 1. The van der Waals surface area contributed by atoms with Crippen LogP contribution in [0.3, 0.4) is 0 Å². The summed E-state index contributed by atoms with van der Waals surface area (Å²) < 4.78 is 47.2. The molecule has 200 valence electrons. The van der Waals surface area contributed by atoms with E-state index in [0.717, 1.165) is 29.1 Å². The van der Waals surface area contributed by atoms with E-state index in [4.69, 9.17) is 16.3 Å². The summed E-state index contributed by atoms with van der Waals surface area (Å²) >= 11 is 6.59. The minimum absolute atomic E-state index is 0.0792. The molecule has 0 aliphatic rings. The van der Waals surface area contributed by atoms with Crippen molar-refractivity contribution in [2.45, 2.75) is 26.2 Å². The Balaban J connectivity index is 1.33. The van der Waals surface area contributed by atoms with Gasteiger partial charge in [0.2, 0.25) is 0 Å². The summed E-state index contributed by atoms with van der Waals surface area (Å²) in [6.45, 7) is 2.73. The topological polar surface area (TPSA) is 86.9 Å². The number of nitrogens with zero attached hydrogens (tertiary/aromatic N) is 5. The number of carbonyl (C=O) groups is 1. The highest BCUT2D eigenvalue weighted by atomic mass is 35.5. The largest absolute Gasteiger partial charge is 0.497 e. The number of fused-ring (bicyclic) bond motifs is 1. The number of aryl methyl sites for hydroxylation is 1. The van der Waals surface area contributed by atoms with Crippen LogP contribution in [0, 0.1) is 6.92 Å². The van der Waals surface area contributed by atoms with Crippen molar-refractivity contribution in [2.24, 2.45) is 0 Å². The summed E-state index contributed by atoms with van der Waals surface area (Å²) in [6, 6.07) is 11.9. The number of imidazole rings is 1. The molecule has 12 heteroatoms. The lowest BCUT2D eigenvalue weighted by Crippen LogP contribution is -2.14. The van der Waals surface area contributed by atoms with Crippen LogP contribution in [0.25, 0.3) is 11.0 Å². The minimum Gasteiger partial charge on any atom is -0.497 e. The van der Waals surface area contributed by atoms with Gasteiger partial charge in [-0.05, 0) is 48.9 Å². The normalized spacial score (nSPS) is 11.6. The summed E-state index contributed by atoms with van der Waals surface area (Å²) in [5.41, 5.74) is 2.37. The van der Waals surface area contributed by atoms with Crippen molar-refractivity contribution in [3.8, 4) is 5.75 Å². The molecule has 0 unspecified atom stereocenters. The first-order valence-corrected chi connectivity index (χ1v) is 12.1. The molecule has 0 fully saturated rings. The van der Waals surface area contributed by atoms with E-state index >= 15 is 0 Å². The van der Waals surface area contributed by atoms with E-state index in [2.05, 4.69) is 20.4 Å². The van der Waals surface area contributed by atoms with Gasteiger partial charge < -0.3 is 14.6 Å². The molecule has 3 aromatic heterocycles.